The van der Waals surface area contributed by atoms with Gasteiger partial charge in [-0.3, -0.25) is 25.0 Å². The minimum atomic E-state index is -0.746. The summed E-state index contributed by atoms with van der Waals surface area (Å²) in [5.74, 6) is -0.519. The van der Waals surface area contributed by atoms with Crippen molar-refractivity contribution < 1.29 is 23.8 Å². The summed E-state index contributed by atoms with van der Waals surface area (Å²) in [6.07, 6.45) is 2.84. The van der Waals surface area contributed by atoms with Gasteiger partial charge in [-0.05, 0) is 41.5 Å². The molecule has 1 N–H and O–H groups in total. The first kappa shape index (κ1) is 22.1. The van der Waals surface area contributed by atoms with Gasteiger partial charge in [-0.2, -0.15) is 0 Å². The summed E-state index contributed by atoms with van der Waals surface area (Å²) >= 11 is 0. The standard InChI is InChI=1S/C22H16FN3O6/c23-17-7-4-16(5-8-17)14-24-22(27)9-6-15-2-1-3-20(10-15)32-21-12-18(25(28)29)11-19(13-21)26(30)31/h1-13H,14H2,(H,24,27). The van der Waals surface area contributed by atoms with E-state index in [1.807, 2.05) is 0 Å². The van der Waals surface area contributed by atoms with Gasteiger partial charge < -0.3 is 10.1 Å². The average molecular weight is 437 g/mol. The Morgan fingerprint density at radius 3 is 2.22 bits per heavy atom. The molecule has 0 saturated heterocycles. The van der Waals surface area contributed by atoms with Crippen molar-refractivity contribution in [2.75, 3.05) is 0 Å². The molecule has 3 rings (SSSR count). The molecular weight excluding hydrogens is 421 g/mol. The highest BCUT2D eigenvalue weighted by molar-refractivity contribution is 5.91. The van der Waals surface area contributed by atoms with Crippen molar-refractivity contribution >= 4 is 23.4 Å². The monoisotopic (exact) mass is 437 g/mol. The van der Waals surface area contributed by atoms with E-state index in [2.05, 4.69) is 5.32 Å². The Bertz CT molecular complexity index is 1160. The molecule has 0 atom stereocenters. The smallest absolute Gasteiger partial charge is 0.280 e. The van der Waals surface area contributed by atoms with Gasteiger partial charge >= 0.3 is 0 Å². The molecule has 0 heterocycles. The Labute approximate surface area is 181 Å². The molecule has 0 unspecified atom stereocenters. The molecule has 0 spiro atoms. The third kappa shape index (κ3) is 6.20. The van der Waals surface area contributed by atoms with Crippen LogP contribution >= 0.6 is 0 Å². The fourth-order valence-corrected chi connectivity index (χ4v) is 2.68. The maximum Gasteiger partial charge on any atom is 0.280 e. The molecule has 0 aliphatic heterocycles. The van der Waals surface area contributed by atoms with Crippen molar-refractivity contribution in [3.63, 3.8) is 0 Å². The van der Waals surface area contributed by atoms with Crippen LogP contribution in [0.5, 0.6) is 11.5 Å². The Hall–Kier alpha value is -4.60. The van der Waals surface area contributed by atoms with Gasteiger partial charge in [-0.1, -0.05) is 24.3 Å². The summed E-state index contributed by atoms with van der Waals surface area (Å²) in [6.45, 7) is 0.234. The van der Waals surface area contributed by atoms with Crippen LogP contribution in [0, 0.1) is 26.0 Å². The summed E-state index contributed by atoms with van der Waals surface area (Å²) in [5.41, 5.74) is 0.403. The van der Waals surface area contributed by atoms with Crippen LogP contribution in [0.3, 0.4) is 0 Å². The lowest BCUT2D eigenvalue weighted by Gasteiger charge is -2.07. The summed E-state index contributed by atoms with van der Waals surface area (Å²) in [4.78, 5) is 32.5. The van der Waals surface area contributed by atoms with Gasteiger partial charge in [0.05, 0.1) is 28.0 Å². The fraction of sp³-hybridized carbons (Fsp3) is 0.0455. The van der Waals surface area contributed by atoms with E-state index in [9.17, 15) is 29.4 Å². The highest BCUT2D eigenvalue weighted by atomic mass is 19.1. The average Bonchev–Trinajstić information content (AvgIpc) is 2.77. The predicted octanol–water partition coefficient (Wildman–Crippen LogP) is 4.76. The molecule has 0 bridgehead atoms. The normalized spacial score (nSPS) is 10.7. The van der Waals surface area contributed by atoms with E-state index >= 15 is 0 Å². The van der Waals surface area contributed by atoms with Gasteiger partial charge in [0.15, 0.2) is 0 Å². The quantitative estimate of drug-likeness (QED) is 0.308. The van der Waals surface area contributed by atoms with Crippen molar-refractivity contribution in [3.8, 4) is 11.5 Å². The van der Waals surface area contributed by atoms with Crippen LogP contribution in [-0.4, -0.2) is 15.8 Å². The molecule has 9 nitrogen and oxygen atoms in total. The second kappa shape index (κ2) is 9.94. The summed E-state index contributed by atoms with van der Waals surface area (Å²) in [6, 6.07) is 15.2. The van der Waals surface area contributed by atoms with E-state index in [1.165, 1.54) is 24.3 Å². The van der Waals surface area contributed by atoms with Crippen LogP contribution in [0.1, 0.15) is 11.1 Å². The highest BCUT2D eigenvalue weighted by Crippen LogP contribution is 2.31. The van der Waals surface area contributed by atoms with E-state index in [0.717, 1.165) is 23.8 Å². The van der Waals surface area contributed by atoms with E-state index in [4.69, 9.17) is 4.74 Å². The summed E-state index contributed by atoms with van der Waals surface area (Å²) in [7, 11) is 0. The zero-order valence-electron chi connectivity index (χ0n) is 16.4. The maximum atomic E-state index is 12.9. The van der Waals surface area contributed by atoms with Crippen LogP contribution in [-0.2, 0) is 11.3 Å². The lowest BCUT2D eigenvalue weighted by Crippen LogP contribution is -2.20. The zero-order valence-corrected chi connectivity index (χ0v) is 16.4. The van der Waals surface area contributed by atoms with E-state index in [-0.39, 0.29) is 29.8 Å². The number of nitrogens with zero attached hydrogens (tertiary/aromatic N) is 2. The molecule has 0 aliphatic carbocycles. The SMILES string of the molecule is O=C(C=Cc1cccc(Oc2cc([N+](=O)[O-])cc([N+](=O)[O-])c2)c1)NCc1ccc(F)cc1. The van der Waals surface area contributed by atoms with Crippen molar-refractivity contribution in [1.29, 1.82) is 0 Å². The number of carbonyl (C=O) groups is 1. The number of nitro benzene ring substituents is 2. The number of benzene rings is 3. The first-order valence-corrected chi connectivity index (χ1v) is 9.22. The van der Waals surface area contributed by atoms with Gasteiger partial charge in [0.2, 0.25) is 5.91 Å². The maximum absolute atomic E-state index is 12.9. The number of non-ortho nitro benzene ring substituents is 2. The minimum absolute atomic E-state index is 0.0657. The Kier molecular flexibility index (Phi) is 6.86. The fourth-order valence-electron chi connectivity index (χ4n) is 2.68. The molecule has 0 radical (unpaired) electrons. The molecular formula is C22H16FN3O6. The first-order valence-electron chi connectivity index (χ1n) is 9.22. The van der Waals surface area contributed by atoms with Gasteiger partial charge in [0.1, 0.15) is 17.3 Å². The Morgan fingerprint density at radius 1 is 0.938 bits per heavy atom. The van der Waals surface area contributed by atoms with Crippen LogP contribution in [0.2, 0.25) is 0 Å². The van der Waals surface area contributed by atoms with Crippen LogP contribution < -0.4 is 10.1 Å². The van der Waals surface area contributed by atoms with Crippen molar-refractivity contribution in [3.05, 3.63) is 110 Å². The summed E-state index contributed by atoms with van der Waals surface area (Å²) < 4.78 is 18.5. The molecule has 1 amide bonds. The molecule has 0 aliphatic rings. The van der Waals surface area contributed by atoms with Crippen LogP contribution in [0.15, 0.2) is 72.8 Å². The molecule has 3 aromatic carbocycles. The number of nitrogens with one attached hydrogen (secondary N) is 1. The molecule has 0 aromatic heterocycles. The molecule has 0 saturated carbocycles. The highest BCUT2D eigenvalue weighted by Gasteiger charge is 2.17. The second-order valence-corrected chi connectivity index (χ2v) is 6.55. The number of carbonyl (C=O) groups excluding carboxylic acids is 1. The number of halogens is 1. The first-order chi connectivity index (χ1) is 15.3. The largest absolute Gasteiger partial charge is 0.457 e. The topological polar surface area (TPSA) is 125 Å². The number of rotatable bonds is 8. The number of ether oxygens (including phenoxy) is 1. The van der Waals surface area contributed by atoms with E-state index in [1.54, 1.807) is 36.4 Å². The van der Waals surface area contributed by atoms with Gasteiger partial charge in [-0.25, -0.2) is 4.39 Å². The third-order valence-electron chi connectivity index (χ3n) is 4.20. The van der Waals surface area contributed by atoms with Gasteiger partial charge in [0.25, 0.3) is 11.4 Å². The van der Waals surface area contributed by atoms with Crippen LogP contribution in [0.25, 0.3) is 6.08 Å². The predicted molar refractivity (Wildman–Crippen MR) is 114 cm³/mol. The van der Waals surface area contributed by atoms with Gasteiger partial charge in [0, 0.05) is 12.6 Å². The minimum Gasteiger partial charge on any atom is -0.457 e. The second-order valence-electron chi connectivity index (χ2n) is 6.55. The lowest BCUT2D eigenvalue weighted by molar-refractivity contribution is -0.394. The van der Waals surface area contributed by atoms with Crippen molar-refractivity contribution in [1.82, 2.24) is 5.32 Å². The summed E-state index contributed by atoms with van der Waals surface area (Å²) in [5, 5.41) is 24.7. The molecule has 32 heavy (non-hydrogen) atoms. The van der Waals surface area contributed by atoms with Crippen molar-refractivity contribution in [2.24, 2.45) is 0 Å². The van der Waals surface area contributed by atoms with E-state index < -0.39 is 21.2 Å². The van der Waals surface area contributed by atoms with E-state index in [0.29, 0.717) is 5.56 Å². The van der Waals surface area contributed by atoms with Crippen LogP contribution in [0.4, 0.5) is 15.8 Å². The number of hydrogen-bond acceptors (Lipinski definition) is 6. The Balaban J connectivity index is 1.67. The lowest BCUT2D eigenvalue weighted by atomic mass is 10.2. The van der Waals surface area contributed by atoms with Crippen molar-refractivity contribution in [2.45, 2.75) is 6.54 Å². The number of amides is 1. The molecule has 0 fully saturated rings. The Morgan fingerprint density at radius 2 is 1.59 bits per heavy atom. The third-order valence-corrected chi connectivity index (χ3v) is 4.20. The number of nitro groups is 2. The van der Waals surface area contributed by atoms with Gasteiger partial charge in [-0.15, -0.1) is 0 Å². The molecule has 3 aromatic rings. The molecule has 162 valence electrons. The number of hydrogen-bond donors (Lipinski definition) is 1. The zero-order chi connectivity index (χ0) is 23.1. The molecule has 10 heteroatoms.